The number of nitrogens with zero attached hydrogens (tertiary/aromatic N) is 4. The second-order valence-corrected chi connectivity index (χ2v) is 9.11. The maximum atomic E-state index is 6.15. The summed E-state index contributed by atoms with van der Waals surface area (Å²) in [6.07, 6.45) is 0. The van der Waals surface area contributed by atoms with Gasteiger partial charge in [-0.15, -0.1) is 32.9 Å². The number of nitrogens with two attached hydrogens (primary N) is 1. The molecule has 0 aliphatic rings. The fraction of sp³-hybridized carbons (Fsp3) is 0.211. The molecule has 138 valence electrons. The monoisotopic (exact) mass is 413 g/mol. The van der Waals surface area contributed by atoms with Crippen LogP contribution in [-0.2, 0) is 5.75 Å². The van der Waals surface area contributed by atoms with Crippen LogP contribution in [0.4, 0.5) is 0 Å². The molecule has 0 saturated heterocycles. The molecule has 0 unspecified atom stereocenters. The van der Waals surface area contributed by atoms with Gasteiger partial charge in [-0.1, -0.05) is 55.9 Å². The molecule has 1 aromatic carbocycles. The summed E-state index contributed by atoms with van der Waals surface area (Å²) in [6.45, 7) is 4.40. The van der Waals surface area contributed by atoms with Crippen LogP contribution in [0, 0.1) is 0 Å². The van der Waals surface area contributed by atoms with E-state index in [9.17, 15) is 0 Å². The third kappa shape index (κ3) is 3.92. The van der Waals surface area contributed by atoms with Gasteiger partial charge >= 0.3 is 0 Å². The van der Waals surface area contributed by atoms with E-state index in [1.165, 1.54) is 5.56 Å². The second-order valence-electron chi connectivity index (χ2n) is 6.36. The quantitative estimate of drug-likeness (QED) is 0.345. The number of aromatic nitrogens is 4. The highest BCUT2D eigenvalue weighted by atomic mass is 32.2. The largest absolute Gasteiger partial charge is 0.335 e. The Hall–Kier alpha value is -2.16. The highest BCUT2D eigenvalue weighted by Gasteiger charge is 2.14. The minimum Gasteiger partial charge on any atom is -0.335 e. The molecule has 27 heavy (non-hydrogen) atoms. The first kappa shape index (κ1) is 18.2. The first-order chi connectivity index (χ1) is 13.1. The van der Waals surface area contributed by atoms with Crippen molar-refractivity contribution < 1.29 is 0 Å². The summed E-state index contributed by atoms with van der Waals surface area (Å²) in [5.74, 6) is 8.09. The highest BCUT2D eigenvalue weighted by molar-refractivity contribution is 7.98. The molecule has 8 heteroatoms. The molecule has 0 bridgehead atoms. The molecule has 0 fully saturated rings. The average Bonchev–Trinajstić information content (AvgIpc) is 3.41. The molecule has 4 rings (SSSR count). The van der Waals surface area contributed by atoms with Gasteiger partial charge in [0, 0.05) is 16.7 Å². The Morgan fingerprint density at radius 1 is 1.11 bits per heavy atom. The lowest BCUT2D eigenvalue weighted by atomic mass is 10.0. The Morgan fingerprint density at radius 3 is 2.63 bits per heavy atom. The van der Waals surface area contributed by atoms with Crippen molar-refractivity contribution in [2.75, 3.05) is 5.84 Å². The number of thiophene rings is 1. The SMILES string of the molecule is CC(C)c1ccc(-c2nc(CSc3nnc(-c4cccs4)n3N)cs2)cc1. The summed E-state index contributed by atoms with van der Waals surface area (Å²) in [6, 6.07) is 12.6. The van der Waals surface area contributed by atoms with Gasteiger partial charge in [0.25, 0.3) is 0 Å². The van der Waals surface area contributed by atoms with Crippen molar-refractivity contribution in [2.45, 2.75) is 30.7 Å². The zero-order chi connectivity index (χ0) is 18.8. The molecule has 0 atom stereocenters. The number of hydrogen-bond acceptors (Lipinski definition) is 7. The molecule has 0 aliphatic heterocycles. The van der Waals surface area contributed by atoms with Gasteiger partial charge in [-0.25, -0.2) is 9.66 Å². The molecule has 2 N–H and O–H groups in total. The number of benzene rings is 1. The van der Waals surface area contributed by atoms with Gasteiger partial charge in [0.1, 0.15) is 5.01 Å². The summed E-state index contributed by atoms with van der Waals surface area (Å²) < 4.78 is 1.55. The smallest absolute Gasteiger partial charge is 0.210 e. The molecule has 4 aromatic rings. The molecular weight excluding hydrogens is 394 g/mol. The van der Waals surface area contributed by atoms with Crippen LogP contribution in [0.25, 0.3) is 21.3 Å². The van der Waals surface area contributed by atoms with Crippen molar-refractivity contribution in [1.29, 1.82) is 0 Å². The van der Waals surface area contributed by atoms with Gasteiger partial charge in [-0.3, -0.25) is 0 Å². The summed E-state index contributed by atoms with van der Waals surface area (Å²) in [5.41, 5.74) is 3.52. The van der Waals surface area contributed by atoms with Crippen LogP contribution in [0.1, 0.15) is 31.0 Å². The Morgan fingerprint density at radius 2 is 1.93 bits per heavy atom. The third-order valence-electron chi connectivity index (χ3n) is 4.13. The molecule has 0 saturated carbocycles. The Bertz CT molecular complexity index is 1020. The third-order valence-corrected chi connectivity index (χ3v) is 6.91. The minimum absolute atomic E-state index is 0.537. The predicted molar refractivity (Wildman–Crippen MR) is 115 cm³/mol. The summed E-state index contributed by atoms with van der Waals surface area (Å²) in [5, 5.41) is 14.2. The van der Waals surface area contributed by atoms with Crippen LogP contribution >= 0.6 is 34.4 Å². The van der Waals surface area contributed by atoms with Gasteiger partial charge < -0.3 is 5.84 Å². The average molecular weight is 414 g/mol. The van der Waals surface area contributed by atoms with E-state index in [1.54, 1.807) is 39.1 Å². The van der Waals surface area contributed by atoms with Crippen molar-refractivity contribution >= 4 is 34.4 Å². The number of nitrogen functional groups attached to an aromatic ring is 1. The Balaban J connectivity index is 1.44. The van der Waals surface area contributed by atoms with E-state index in [0.29, 0.717) is 22.7 Å². The van der Waals surface area contributed by atoms with Crippen LogP contribution in [0.3, 0.4) is 0 Å². The van der Waals surface area contributed by atoms with Gasteiger partial charge in [-0.2, -0.15) is 0 Å². The number of rotatable bonds is 6. The van der Waals surface area contributed by atoms with Crippen LogP contribution < -0.4 is 5.84 Å². The van der Waals surface area contributed by atoms with Crippen molar-refractivity contribution in [1.82, 2.24) is 19.9 Å². The van der Waals surface area contributed by atoms with E-state index in [1.807, 2.05) is 17.5 Å². The topological polar surface area (TPSA) is 69.6 Å². The maximum Gasteiger partial charge on any atom is 0.210 e. The zero-order valence-electron chi connectivity index (χ0n) is 15.0. The summed E-state index contributed by atoms with van der Waals surface area (Å²) >= 11 is 4.81. The van der Waals surface area contributed by atoms with E-state index in [4.69, 9.17) is 10.8 Å². The lowest BCUT2D eigenvalue weighted by Crippen LogP contribution is -2.11. The summed E-state index contributed by atoms with van der Waals surface area (Å²) in [4.78, 5) is 5.77. The van der Waals surface area contributed by atoms with Gasteiger partial charge in [0.15, 0.2) is 5.82 Å². The van der Waals surface area contributed by atoms with Crippen molar-refractivity contribution in [2.24, 2.45) is 0 Å². The molecule has 0 amide bonds. The first-order valence-corrected chi connectivity index (χ1v) is 11.3. The highest BCUT2D eigenvalue weighted by Crippen LogP contribution is 2.30. The lowest BCUT2D eigenvalue weighted by molar-refractivity contribution is 0.850. The van der Waals surface area contributed by atoms with Gasteiger partial charge in [-0.05, 0) is 22.9 Å². The van der Waals surface area contributed by atoms with E-state index in [-0.39, 0.29) is 0 Å². The molecule has 3 heterocycles. The molecule has 0 spiro atoms. The van der Waals surface area contributed by atoms with Crippen LogP contribution in [-0.4, -0.2) is 19.9 Å². The van der Waals surface area contributed by atoms with Crippen molar-refractivity contribution in [3.63, 3.8) is 0 Å². The fourth-order valence-corrected chi connectivity index (χ4v) is 4.99. The Labute approximate surface area is 170 Å². The zero-order valence-corrected chi connectivity index (χ0v) is 17.4. The van der Waals surface area contributed by atoms with Crippen molar-refractivity contribution in [3.05, 3.63) is 58.4 Å². The van der Waals surface area contributed by atoms with E-state index >= 15 is 0 Å². The van der Waals surface area contributed by atoms with Gasteiger partial charge in [0.05, 0.1) is 10.6 Å². The van der Waals surface area contributed by atoms with Crippen LogP contribution in [0.15, 0.2) is 52.3 Å². The summed E-state index contributed by atoms with van der Waals surface area (Å²) in [7, 11) is 0. The molecule has 0 radical (unpaired) electrons. The first-order valence-electron chi connectivity index (χ1n) is 8.53. The maximum absolute atomic E-state index is 6.15. The molecule has 3 aromatic heterocycles. The lowest BCUT2D eigenvalue weighted by Gasteiger charge is -2.05. The van der Waals surface area contributed by atoms with Gasteiger partial charge in [0.2, 0.25) is 5.16 Å². The predicted octanol–water partition coefficient (Wildman–Crippen LogP) is 5.26. The molecule has 5 nitrogen and oxygen atoms in total. The van der Waals surface area contributed by atoms with E-state index in [2.05, 4.69) is 53.7 Å². The number of thioether (sulfide) groups is 1. The van der Waals surface area contributed by atoms with E-state index < -0.39 is 0 Å². The normalized spacial score (nSPS) is 11.4. The molecule has 0 aliphatic carbocycles. The van der Waals surface area contributed by atoms with E-state index in [0.717, 1.165) is 21.1 Å². The van der Waals surface area contributed by atoms with Crippen LogP contribution in [0.5, 0.6) is 0 Å². The number of hydrogen-bond donors (Lipinski definition) is 1. The Kier molecular flexibility index (Phi) is 5.29. The minimum atomic E-state index is 0.537. The molecular formula is C19H19N5S3. The number of thiazole rings is 1. The fourth-order valence-electron chi connectivity index (χ4n) is 2.60. The van der Waals surface area contributed by atoms with Crippen LogP contribution in [0.2, 0.25) is 0 Å². The second kappa shape index (κ2) is 7.84. The van der Waals surface area contributed by atoms with Crippen molar-refractivity contribution in [3.8, 4) is 21.3 Å². The standard InChI is InChI=1S/C19H19N5S3/c1-12(2)13-5-7-14(8-6-13)18-21-15(10-26-18)11-27-19-23-22-17(24(19)20)16-4-3-9-25-16/h3-10,12H,11,20H2,1-2H3.